The molecule has 2 rings (SSSR count). The Kier molecular flexibility index (Phi) is 3.13. The summed E-state index contributed by atoms with van der Waals surface area (Å²) in [5.41, 5.74) is 1.97. The minimum Gasteiger partial charge on any atom is -0.344 e. The molecule has 1 N–H and O–H groups in total. The van der Waals surface area contributed by atoms with Gasteiger partial charge >= 0.3 is 0 Å². The van der Waals surface area contributed by atoms with Gasteiger partial charge in [0.2, 0.25) is 11.8 Å². The van der Waals surface area contributed by atoms with Gasteiger partial charge in [-0.25, -0.2) is 0 Å². The molecule has 0 saturated carbocycles. The summed E-state index contributed by atoms with van der Waals surface area (Å²) in [5, 5.41) is 2.69. The smallest absolute Gasteiger partial charge is 0.249 e. The first-order chi connectivity index (χ1) is 8.08. The van der Waals surface area contributed by atoms with E-state index in [-0.39, 0.29) is 17.9 Å². The van der Waals surface area contributed by atoms with Gasteiger partial charge in [0.1, 0.15) is 6.04 Å². The molecule has 0 aliphatic carbocycles. The molecule has 1 heterocycles. The van der Waals surface area contributed by atoms with E-state index in [1.54, 1.807) is 11.9 Å². The number of carbonyl (C=O) groups is 2. The molecule has 4 nitrogen and oxygen atoms in total. The Balaban J connectivity index is 2.12. The van der Waals surface area contributed by atoms with Gasteiger partial charge in [0, 0.05) is 19.2 Å². The minimum atomic E-state index is -0.368. The van der Waals surface area contributed by atoms with Crippen molar-refractivity contribution in [2.75, 3.05) is 11.9 Å². The second kappa shape index (κ2) is 4.57. The van der Waals surface area contributed by atoms with Crippen LogP contribution in [0.3, 0.4) is 0 Å². The molecule has 2 amide bonds. The van der Waals surface area contributed by atoms with Crippen LogP contribution in [0.5, 0.6) is 0 Å². The predicted molar refractivity (Wildman–Crippen MR) is 65.8 cm³/mol. The molecule has 1 fully saturated rings. The molecule has 17 heavy (non-hydrogen) atoms. The van der Waals surface area contributed by atoms with Gasteiger partial charge in [-0.1, -0.05) is 12.1 Å². The zero-order valence-electron chi connectivity index (χ0n) is 10.1. The SMILES string of the molecule is Cc1cccc(N(C)C(=O)C2CCC(=O)N2)c1. The number of anilines is 1. The third kappa shape index (κ3) is 2.46. The van der Waals surface area contributed by atoms with Crippen molar-refractivity contribution in [1.29, 1.82) is 0 Å². The molecule has 0 aromatic heterocycles. The molecule has 1 unspecified atom stereocenters. The van der Waals surface area contributed by atoms with E-state index in [9.17, 15) is 9.59 Å². The Hall–Kier alpha value is -1.84. The quantitative estimate of drug-likeness (QED) is 0.834. The topological polar surface area (TPSA) is 49.4 Å². The van der Waals surface area contributed by atoms with Crippen LogP contribution in [0.4, 0.5) is 5.69 Å². The van der Waals surface area contributed by atoms with Crippen molar-refractivity contribution in [2.45, 2.75) is 25.8 Å². The largest absolute Gasteiger partial charge is 0.344 e. The highest BCUT2D eigenvalue weighted by Gasteiger charge is 2.29. The third-order valence-corrected chi connectivity index (χ3v) is 3.01. The van der Waals surface area contributed by atoms with Gasteiger partial charge in [0.15, 0.2) is 0 Å². The number of hydrogen-bond donors (Lipinski definition) is 1. The van der Waals surface area contributed by atoms with Crippen LogP contribution in [0.2, 0.25) is 0 Å². The van der Waals surface area contributed by atoms with Crippen molar-refractivity contribution in [3.63, 3.8) is 0 Å². The summed E-state index contributed by atoms with van der Waals surface area (Å²) in [5.74, 6) is -0.0950. The summed E-state index contributed by atoms with van der Waals surface area (Å²) < 4.78 is 0. The molecule has 4 heteroatoms. The van der Waals surface area contributed by atoms with Crippen molar-refractivity contribution in [1.82, 2.24) is 5.32 Å². The maximum absolute atomic E-state index is 12.1. The molecular weight excluding hydrogens is 216 g/mol. The summed E-state index contributed by atoms with van der Waals surface area (Å²) in [4.78, 5) is 24.8. The Morgan fingerprint density at radius 2 is 2.24 bits per heavy atom. The number of carbonyl (C=O) groups excluding carboxylic acids is 2. The molecule has 1 aliphatic heterocycles. The maximum atomic E-state index is 12.1. The maximum Gasteiger partial charge on any atom is 0.249 e. The first-order valence-corrected chi connectivity index (χ1v) is 5.71. The summed E-state index contributed by atoms with van der Waals surface area (Å²) in [6, 6.07) is 7.38. The monoisotopic (exact) mass is 232 g/mol. The van der Waals surface area contributed by atoms with Gasteiger partial charge in [-0.05, 0) is 31.0 Å². The number of aryl methyl sites for hydroxylation is 1. The van der Waals surface area contributed by atoms with E-state index in [1.165, 1.54) is 0 Å². The van der Waals surface area contributed by atoms with Gasteiger partial charge in [-0.15, -0.1) is 0 Å². The van der Waals surface area contributed by atoms with E-state index < -0.39 is 0 Å². The lowest BCUT2D eigenvalue weighted by Crippen LogP contribution is -2.42. The summed E-state index contributed by atoms with van der Waals surface area (Å²) in [6.45, 7) is 1.99. The van der Waals surface area contributed by atoms with E-state index in [1.807, 2.05) is 31.2 Å². The average molecular weight is 232 g/mol. The number of hydrogen-bond acceptors (Lipinski definition) is 2. The highest BCUT2D eigenvalue weighted by atomic mass is 16.2. The number of benzene rings is 1. The lowest BCUT2D eigenvalue weighted by Gasteiger charge is -2.21. The van der Waals surface area contributed by atoms with Gasteiger partial charge < -0.3 is 10.2 Å². The molecule has 1 aliphatic rings. The van der Waals surface area contributed by atoms with Crippen molar-refractivity contribution in [3.05, 3.63) is 29.8 Å². The Morgan fingerprint density at radius 1 is 1.47 bits per heavy atom. The molecule has 1 aromatic carbocycles. The van der Waals surface area contributed by atoms with E-state index >= 15 is 0 Å². The summed E-state index contributed by atoms with van der Waals surface area (Å²) in [7, 11) is 1.74. The summed E-state index contributed by atoms with van der Waals surface area (Å²) in [6.07, 6.45) is 1.03. The molecule has 0 spiro atoms. The molecule has 1 atom stereocenters. The van der Waals surface area contributed by atoms with E-state index in [0.29, 0.717) is 12.8 Å². The fourth-order valence-electron chi connectivity index (χ4n) is 2.00. The fraction of sp³-hybridized carbons (Fsp3) is 0.385. The first-order valence-electron chi connectivity index (χ1n) is 5.71. The zero-order chi connectivity index (χ0) is 12.4. The molecule has 90 valence electrons. The number of nitrogens with zero attached hydrogens (tertiary/aromatic N) is 1. The van der Waals surface area contributed by atoms with Gasteiger partial charge in [-0.2, -0.15) is 0 Å². The van der Waals surface area contributed by atoms with E-state index in [4.69, 9.17) is 0 Å². The lowest BCUT2D eigenvalue weighted by atomic mass is 10.1. The standard InChI is InChI=1S/C13H16N2O2/c1-9-4-3-5-10(8-9)15(2)13(17)11-6-7-12(16)14-11/h3-5,8,11H,6-7H2,1-2H3,(H,14,16). The summed E-state index contributed by atoms with van der Waals surface area (Å²) >= 11 is 0. The second-order valence-electron chi connectivity index (χ2n) is 4.40. The Bertz CT molecular complexity index is 456. The third-order valence-electron chi connectivity index (χ3n) is 3.01. The van der Waals surface area contributed by atoms with Crippen LogP contribution >= 0.6 is 0 Å². The number of nitrogens with one attached hydrogen (secondary N) is 1. The highest BCUT2D eigenvalue weighted by molar-refractivity contribution is 6.00. The Morgan fingerprint density at radius 3 is 2.82 bits per heavy atom. The van der Waals surface area contributed by atoms with E-state index in [0.717, 1.165) is 11.3 Å². The van der Waals surface area contributed by atoms with Crippen molar-refractivity contribution in [3.8, 4) is 0 Å². The molecular formula is C13H16N2O2. The van der Waals surface area contributed by atoms with Crippen LogP contribution in [0.25, 0.3) is 0 Å². The normalized spacial score (nSPS) is 18.9. The van der Waals surface area contributed by atoms with E-state index in [2.05, 4.69) is 5.32 Å². The van der Waals surface area contributed by atoms with Crippen LogP contribution in [0, 0.1) is 6.92 Å². The number of rotatable bonds is 2. The zero-order valence-corrected chi connectivity index (χ0v) is 10.1. The first kappa shape index (κ1) is 11.6. The molecule has 1 saturated heterocycles. The van der Waals surface area contributed by atoms with Crippen molar-refractivity contribution >= 4 is 17.5 Å². The lowest BCUT2D eigenvalue weighted by molar-refractivity contribution is -0.123. The van der Waals surface area contributed by atoms with Crippen molar-refractivity contribution < 1.29 is 9.59 Å². The average Bonchev–Trinajstić information content (AvgIpc) is 2.74. The van der Waals surface area contributed by atoms with Crippen LogP contribution in [0.15, 0.2) is 24.3 Å². The predicted octanol–water partition coefficient (Wildman–Crippen LogP) is 1.24. The molecule has 0 radical (unpaired) electrons. The number of amides is 2. The molecule has 1 aromatic rings. The minimum absolute atomic E-state index is 0.0407. The highest BCUT2D eigenvalue weighted by Crippen LogP contribution is 2.17. The van der Waals surface area contributed by atoms with Crippen LogP contribution in [0.1, 0.15) is 18.4 Å². The van der Waals surface area contributed by atoms with Gasteiger partial charge in [0.25, 0.3) is 0 Å². The Labute approximate surface area is 101 Å². The fourth-order valence-corrected chi connectivity index (χ4v) is 2.00. The van der Waals surface area contributed by atoms with Gasteiger partial charge in [-0.3, -0.25) is 9.59 Å². The second-order valence-corrected chi connectivity index (χ2v) is 4.40. The van der Waals surface area contributed by atoms with Crippen LogP contribution in [-0.2, 0) is 9.59 Å². The van der Waals surface area contributed by atoms with Crippen LogP contribution < -0.4 is 10.2 Å². The van der Waals surface area contributed by atoms with Crippen molar-refractivity contribution in [2.24, 2.45) is 0 Å². The van der Waals surface area contributed by atoms with Gasteiger partial charge in [0.05, 0.1) is 0 Å². The number of likely N-dealkylation sites (N-methyl/N-ethyl adjacent to an activating group) is 1. The molecule has 0 bridgehead atoms. The van der Waals surface area contributed by atoms with Crippen LogP contribution in [-0.4, -0.2) is 24.9 Å².